The van der Waals surface area contributed by atoms with Crippen molar-refractivity contribution < 1.29 is 8.78 Å². The van der Waals surface area contributed by atoms with Crippen molar-refractivity contribution in [1.29, 1.82) is 0 Å². The largest absolute Gasteiger partial charge is 0.384 e. The Bertz CT molecular complexity index is 508. The molecule has 2 heterocycles. The number of rotatable bonds is 1. The number of halogens is 2. The number of hydrogen-bond acceptors (Lipinski definition) is 3. The second-order valence-electron chi connectivity index (χ2n) is 3.06. The molecule has 0 radical (unpaired) electrons. The van der Waals surface area contributed by atoms with Crippen molar-refractivity contribution in [2.24, 2.45) is 0 Å². The highest BCUT2D eigenvalue weighted by Gasteiger charge is 2.15. The molecule has 0 spiro atoms. The molecule has 0 aliphatic heterocycles. The van der Waals surface area contributed by atoms with E-state index < -0.39 is 11.9 Å². The molecule has 0 aromatic carbocycles. The van der Waals surface area contributed by atoms with Crippen molar-refractivity contribution in [2.45, 2.75) is 20.8 Å². The predicted molar refractivity (Wildman–Crippen MR) is 62.2 cm³/mol. The van der Waals surface area contributed by atoms with E-state index >= 15 is 0 Å². The molecule has 4 nitrogen and oxygen atoms in total. The molecule has 0 aliphatic carbocycles. The van der Waals surface area contributed by atoms with Gasteiger partial charge >= 0.3 is 0 Å². The lowest BCUT2D eigenvalue weighted by atomic mass is 10.2. The zero-order valence-electron chi connectivity index (χ0n) is 9.88. The third kappa shape index (κ3) is 2.77. The van der Waals surface area contributed by atoms with E-state index in [-0.39, 0.29) is 17.1 Å². The Morgan fingerprint density at radius 2 is 1.82 bits per heavy atom. The van der Waals surface area contributed by atoms with Crippen molar-refractivity contribution in [1.82, 2.24) is 15.0 Å². The van der Waals surface area contributed by atoms with Gasteiger partial charge in [-0.25, -0.2) is 9.97 Å². The zero-order valence-corrected chi connectivity index (χ0v) is 9.88. The van der Waals surface area contributed by atoms with E-state index in [0.29, 0.717) is 5.82 Å². The van der Waals surface area contributed by atoms with Crippen LogP contribution in [0, 0.1) is 18.8 Å². The first kappa shape index (κ1) is 13.1. The highest BCUT2D eigenvalue weighted by Crippen LogP contribution is 2.23. The van der Waals surface area contributed by atoms with Gasteiger partial charge in [-0.05, 0) is 19.1 Å². The lowest BCUT2D eigenvalue weighted by molar-refractivity contribution is 0.575. The predicted octanol–water partition coefficient (Wildman–Crippen LogP) is 2.67. The van der Waals surface area contributed by atoms with Crippen molar-refractivity contribution in [3.05, 3.63) is 29.9 Å². The van der Waals surface area contributed by atoms with E-state index in [1.807, 2.05) is 13.8 Å². The van der Waals surface area contributed by atoms with Gasteiger partial charge in [0.1, 0.15) is 17.3 Å². The highest BCUT2D eigenvalue weighted by atomic mass is 19.1. The summed E-state index contributed by atoms with van der Waals surface area (Å²) in [6.45, 7) is 5.58. The van der Waals surface area contributed by atoms with Crippen molar-refractivity contribution in [3.63, 3.8) is 0 Å². The number of nitrogens with zero attached hydrogens (tertiary/aromatic N) is 2. The number of anilines is 1. The Morgan fingerprint density at radius 3 is 2.29 bits per heavy atom. The molecule has 3 N–H and O–H groups in total. The number of imidazole rings is 1. The summed E-state index contributed by atoms with van der Waals surface area (Å²) in [6, 6.07) is 2.73. The Kier molecular flexibility index (Phi) is 4.14. The third-order valence-corrected chi connectivity index (χ3v) is 1.90. The SMILES string of the molecule is CC.Cc1nc(-c2ccc(N)nc2F)c(F)[nH]1. The maximum absolute atomic E-state index is 13.3. The number of aromatic amines is 1. The fourth-order valence-corrected chi connectivity index (χ4v) is 1.27. The molecule has 0 aliphatic rings. The summed E-state index contributed by atoms with van der Waals surface area (Å²) in [5, 5.41) is 0. The lowest BCUT2D eigenvalue weighted by Gasteiger charge is -1.99. The van der Waals surface area contributed by atoms with E-state index in [9.17, 15) is 8.78 Å². The normalized spacial score (nSPS) is 9.71. The number of nitrogen functional groups attached to an aromatic ring is 1. The van der Waals surface area contributed by atoms with Crippen LogP contribution in [0.5, 0.6) is 0 Å². The molecule has 0 atom stereocenters. The van der Waals surface area contributed by atoms with E-state index in [1.54, 1.807) is 6.92 Å². The topological polar surface area (TPSA) is 67.6 Å². The fourth-order valence-electron chi connectivity index (χ4n) is 1.27. The molecule has 17 heavy (non-hydrogen) atoms. The first-order chi connectivity index (χ1) is 8.08. The highest BCUT2D eigenvalue weighted by molar-refractivity contribution is 5.60. The molecule has 6 heteroatoms. The minimum Gasteiger partial charge on any atom is -0.384 e. The van der Waals surface area contributed by atoms with Crippen LogP contribution in [0.2, 0.25) is 0 Å². The van der Waals surface area contributed by atoms with Gasteiger partial charge in [-0.3, -0.25) is 0 Å². The summed E-state index contributed by atoms with van der Waals surface area (Å²) in [5.74, 6) is -1.10. The van der Waals surface area contributed by atoms with Crippen LogP contribution in [0.4, 0.5) is 14.6 Å². The number of nitrogens with one attached hydrogen (secondary N) is 1. The molecule has 92 valence electrons. The molecule has 2 rings (SSSR count). The first-order valence-corrected chi connectivity index (χ1v) is 5.22. The number of aryl methyl sites for hydroxylation is 1. The number of hydrogen-bond donors (Lipinski definition) is 2. The Labute approximate surface area is 97.9 Å². The van der Waals surface area contributed by atoms with Gasteiger partial charge in [-0.15, -0.1) is 0 Å². The number of nitrogens with two attached hydrogens (primary N) is 1. The van der Waals surface area contributed by atoms with Gasteiger partial charge in [-0.2, -0.15) is 8.78 Å². The summed E-state index contributed by atoms with van der Waals surface area (Å²) in [4.78, 5) is 9.55. The lowest BCUT2D eigenvalue weighted by Crippen LogP contribution is -1.96. The van der Waals surface area contributed by atoms with Gasteiger partial charge in [0.2, 0.25) is 11.9 Å². The molecule has 0 saturated carbocycles. The molecule has 0 saturated heterocycles. The van der Waals surface area contributed by atoms with E-state index in [0.717, 1.165) is 0 Å². The van der Waals surface area contributed by atoms with Crippen LogP contribution in [-0.4, -0.2) is 15.0 Å². The molecule has 0 amide bonds. The minimum atomic E-state index is -0.833. The molecule has 2 aromatic heterocycles. The molecular weight excluding hydrogens is 226 g/mol. The summed E-state index contributed by atoms with van der Waals surface area (Å²) in [5.41, 5.74) is 5.18. The van der Waals surface area contributed by atoms with Gasteiger partial charge in [0.05, 0.1) is 5.56 Å². The smallest absolute Gasteiger partial charge is 0.224 e. The van der Waals surface area contributed by atoms with Crippen molar-refractivity contribution in [3.8, 4) is 11.3 Å². The van der Waals surface area contributed by atoms with Crippen LogP contribution in [0.15, 0.2) is 12.1 Å². The minimum absolute atomic E-state index is 0.00829. The Hall–Kier alpha value is -1.98. The van der Waals surface area contributed by atoms with Gasteiger partial charge in [0.15, 0.2) is 0 Å². The average Bonchev–Trinajstić information content (AvgIpc) is 2.61. The quantitative estimate of drug-likeness (QED) is 0.753. The Morgan fingerprint density at radius 1 is 1.18 bits per heavy atom. The second-order valence-corrected chi connectivity index (χ2v) is 3.06. The van der Waals surface area contributed by atoms with Crippen molar-refractivity contribution >= 4 is 5.82 Å². The van der Waals surface area contributed by atoms with Crippen LogP contribution in [0.1, 0.15) is 19.7 Å². The number of pyridine rings is 1. The van der Waals surface area contributed by atoms with Gasteiger partial charge in [0.25, 0.3) is 0 Å². The molecular formula is C11H14F2N4. The standard InChI is InChI=1S/C9H8F2N4.C2H6/c1-4-13-7(9(11)14-4)5-2-3-6(12)15-8(5)10;1-2/h2-3H,1H3,(H2,12,15)(H,13,14);1-2H3. The van der Waals surface area contributed by atoms with Crippen LogP contribution in [-0.2, 0) is 0 Å². The average molecular weight is 240 g/mol. The van der Waals surface area contributed by atoms with E-state index in [1.165, 1.54) is 12.1 Å². The summed E-state index contributed by atoms with van der Waals surface area (Å²) in [6.07, 6.45) is 0. The third-order valence-electron chi connectivity index (χ3n) is 1.90. The monoisotopic (exact) mass is 240 g/mol. The summed E-state index contributed by atoms with van der Waals surface area (Å²) >= 11 is 0. The van der Waals surface area contributed by atoms with Gasteiger partial charge < -0.3 is 10.7 Å². The van der Waals surface area contributed by atoms with Crippen molar-refractivity contribution in [2.75, 3.05) is 5.73 Å². The maximum Gasteiger partial charge on any atom is 0.224 e. The number of H-pyrrole nitrogens is 1. The molecule has 2 aromatic rings. The van der Waals surface area contributed by atoms with Gasteiger partial charge in [0, 0.05) is 0 Å². The van der Waals surface area contributed by atoms with Gasteiger partial charge in [-0.1, -0.05) is 13.8 Å². The zero-order chi connectivity index (χ0) is 13.0. The van der Waals surface area contributed by atoms with E-state index in [2.05, 4.69) is 15.0 Å². The van der Waals surface area contributed by atoms with Crippen LogP contribution >= 0.6 is 0 Å². The second kappa shape index (κ2) is 5.38. The molecule has 0 fully saturated rings. The molecule has 0 bridgehead atoms. The Balaban J connectivity index is 0.000000686. The van der Waals surface area contributed by atoms with Crippen LogP contribution in [0.3, 0.4) is 0 Å². The van der Waals surface area contributed by atoms with Crippen LogP contribution in [0.25, 0.3) is 11.3 Å². The maximum atomic E-state index is 13.3. The van der Waals surface area contributed by atoms with E-state index in [4.69, 9.17) is 5.73 Å². The molecule has 0 unspecified atom stereocenters. The first-order valence-electron chi connectivity index (χ1n) is 5.22. The summed E-state index contributed by atoms with van der Waals surface area (Å²) < 4.78 is 26.5. The van der Waals surface area contributed by atoms with Crippen LogP contribution < -0.4 is 5.73 Å². The number of aromatic nitrogens is 3. The summed E-state index contributed by atoms with van der Waals surface area (Å²) in [7, 11) is 0. The fraction of sp³-hybridized carbons (Fsp3) is 0.273.